The van der Waals surface area contributed by atoms with Gasteiger partial charge in [-0.1, -0.05) is 13.3 Å². The average molecular weight is 261 g/mol. The van der Waals surface area contributed by atoms with Crippen LogP contribution >= 0.6 is 11.6 Å². The van der Waals surface area contributed by atoms with Crippen LogP contribution in [0, 0.1) is 0 Å². The van der Waals surface area contributed by atoms with Crippen molar-refractivity contribution in [2.75, 3.05) is 26.1 Å². The summed E-state index contributed by atoms with van der Waals surface area (Å²) in [4.78, 5) is 11.8. The molecule has 1 aromatic rings. The van der Waals surface area contributed by atoms with Crippen molar-refractivity contribution in [3.05, 3.63) is 5.28 Å². The Morgan fingerprint density at radius 2 is 2.06 bits per heavy atom. The van der Waals surface area contributed by atoms with Crippen LogP contribution in [0.25, 0.3) is 0 Å². The third-order valence-corrected chi connectivity index (χ3v) is 2.28. The Labute approximate surface area is 106 Å². The summed E-state index contributed by atoms with van der Waals surface area (Å²) in [5.41, 5.74) is 0. The SMILES string of the molecule is CCCC(COC)Nc1nc(Cl)nc(OC)n1. The lowest BCUT2D eigenvalue weighted by atomic mass is 10.2. The Balaban J connectivity index is 2.73. The second kappa shape index (κ2) is 7.24. The summed E-state index contributed by atoms with van der Waals surface area (Å²) < 4.78 is 10.0. The summed E-state index contributed by atoms with van der Waals surface area (Å²) >= 11 is 5.75. The predicted molar refractivity (Wildman–Crippen MR) is 65.6 cm³/mol. The molecule has 0 amide bonds. The molecule has 1 heterocycles. The molecule has 0 aromatic carbocycles. The highest BCUT2D eigenvalue weighted by Crippen LogP contribution is 2.13. The van der Waals surface area contributed by atoms with E-state index < -0.39 is 0 Å². The maximum atomic E-state index is 5.75. The van der Waals surface area contributed by atoms with Gasteiger partial charge in [-0.05, 0) is 18.0 Å². The Kier molecular flexibility index (Phi) is 5.93. The van der Waals surface area contributed by atoms with Crippen molar-refractivity contribution < 1.29 is 9.47 Å². The molecule has 0 fully saturated rings. The first-order chi connectivity index (χ1) is 8.19. The number of hydrogen-bond donors (Lipinski definition) is 1. The van der Waals surface area contributed by atoms with E-state index in [4.69, 9.17) is 21.1 Å². The molecule has 0 aliphatic heterocycles. The lowest BCUT2D eigenvalue weighted by molar-refractivity contribution is 0.182. The molecule has 7 heteroatoms. The van der Waals surface area contributed by atoms with Crippen LogP contribution in [-0.4, -0.2) is 41.8 Å². The van der Waals surface area contributed by atoms with Gasteiger partial charge in [0.15, 0.2) is 0 Å². The van der Waals surface area contributed by atoms with E-state index in [0.29, 0.717) is 12.6 Å². The second-order valence-corrected chi connectivity index (χ2v) is 3.84. The zero-order chi connectivity index (χ0) is 12.7. The summed E-state index contributed by atoms with van der Waals surface area (Å²) in [6.07, 6.45) is 2.00. The van der Waals surface area contributed by atoms with Crippen LogP contribution in [0.2, 0.25) is 5.28 Å². The largest absolute Gasteiger partial charge is 0.467 e. The van der Waals surface area contributed by atoms with E-state index in [1.54, 1.807) is 7.11 Å². The van der Waals surface area contributed by atoms with Crippen LogP contribution in [0.3, 0.4) is 0 Å². The zero-order valence-electron chi connectivity index (χ0n) is 10.2. The minimum atomic E-state index is 0.104. The van der Waals surface area contributed by atoms with E-state index in [1.807, 2.05) is 0 Å². The Morgan fingerprint density at radius 1 is 1.29 bits per heavy atom. The van der Waals surface area contributed by atoms with Crippen LogP contribution in [0.1, 0.15) is 19.8 Å². The summed E-state index contributed by atoms with van der Waals surface area (Å²) in [5.74, 6) is 0.400. The smallest absolute Gasteiger partial charge is 0.322 e. The molecule has 0 spiro atoms. The molecule has 0 aliphatic rings. The predicted octanol–water partition coefficient (Wildman–Crippen LogP) is 1.76. The number of aromatic nitrogens is 3. The van der Waals surface area contributed by atoms with E-state index in [0.717, 1.165) is 12.8 Å². The van der Waals surface area contributed by atoms with Gasteiger partial charge in [-0.25, -0.2) is 0 Å². The van der Waals surface area contributed by atoms with Crippen LogP contribution in [-0.2, 0) is 4.74 Å². The molecule has 0 aliphatic carbocycles. The van der Waals surface area contributed by atoms with Gasteiger partial charge in [0.2, 0.25) is 11.2 Å². The summed E-state index contributed by atoms with van der Waals surface area (Å²) in [5, 5.41) is 3.25. The van der Waals surface area contributed by atoms with Crippen molar-refractivity contribution in [2.45, 2.75) is 25.8 Å². The van der Waals surface area contributed by atoms with Gasteiger partial charge in [-0.15, -0.1) is 0 Å². The molecule has 0 radical (unpaired) electrons. The first kappa shape index (κ1) is 13.9. The van der Waals surface area contributed by atoms with Crippen molar-refractivity contribution in [3.63, 3.8) is 0 Å². The van der Waals surface area contributed by atoms with Gasteiger partial charge >= 0.3 is 6.01 Å². The number of methoxy groups -OCH3 is 2. The molecule has 0 saturated carbocycles. The fourth-order valence-corrected chi connectivity index (χ4v) is 1.57. The van der Waals surface area contributed by atoms with Crippen LogP contribution < -0.4 is 10.1 Å². The fourth-order valence-electron chi connectivity index (χ4n) is 1.42. The highest BCUT2D eigenvalue weighted by molar-refractivity contribution is 6.28. The fraction of sp³-hybridized carbons (Fsp3) is 0.700. The van der Waals surface area contributed by atoms with E-state index in [2.05, 4.69) is 27.2 Å². The van der Waals surface area contributed by atoms with Gasteiger partial charge in [0.1, 0.15) is 0 Å². The van der Waals surface area contributed by atoms with E-state index in [1.165, 1.54) is 7.11 Å². The van der Waals surface area contributed by atoms with Crippen molar-refractivity contribution in [1.82, 2.24) is 15.0 Å². The number of hydrogen-bond acceptors (Lipinski definition) is 6. The van der Waals surface area contributed by atoms with Gasteiger partial charge < -0.3 is 14.8 Å². The topological polar surface area (TPSA) is 69.2 Å². The quantitative estimate of drug-likeness (QED) is 0.806. The van der Waals surface area contributed by atoms with Crippen LogP contribution in [0.15, 0.2) is 0 Å². The lowest BCUT2D eigenvalue weighted by Crippen LogP contribution is -2.26. The molecule has 1 N–H and O–H groups in total. The van der Waals surface area contributed by atoms with Crippen molar-refractivity contribution >= 4 is 17.5 Å². The summed E-state index contributed by atoms with van der Waals surface area (Å²) in [7, 11) is 3.14. The number of rotatable bonds is 7. The number of ether oxygens (including phenoxy) is 2. The van der Waals surface area contributed by atoms with Gasteiger partial charge in [-0.2, -0.15) is 15.0 Å². The van der Waals surface area contributed by atoms with Gasteiger partial charge in [0.25, 0.3) is 0 Å². The highest BCUT2D eigenvalue weighted by Gasteiger charge is 2.11. The Bertz CT molecular complexity index is 345. The molecule has 1 atom stereocenters. The minimum absolute atomic E-state index is 0.104. The third-order valence-electron chi connectivity index (χ3n) is 2.11. The number of halogens is 1. The molecule has 0 bridgehead atoms. The van der Waals surface area contributed by atoms with E-state index in [9.17, 15) is 0 Å². The van der Waals surface area contributed by atoms with Gasteiger partial charge in [0, 0.05) is 7.11 Å². The lowest BCUT2D eigenvalue weighted by Gasteiger charge is -2.16. The molecule has 1 unspecified atom stereocenters. The maximum Gasteiger partial charge on any atom is 0.322 e. The normalized spacial score (nSPS) is 12.2. The van der Waals surface area contributed by atoms with Crippen molar-refractivity contribution in [2.24, 2.45) is 0 Å². The van der Waals surface area contributed by atoms with Gasteiger partial charge in [-0.3, -0.25) is 0 Å². The van der Waals surface area contributed by atoms with Crippen molar-refractivity contribution in [3.8, 4) is 6.01 Å². The molecule has 0 saturated heterocycles. The first-order valence-corrected chi connectivity index (χ1v) is 5.78. The number of nitrogens with one attached hydrogen (secondary N) is 1. The second-order valence-electron chi connectivity index (χ2n) is 3.50. The Hall–Kier alpha value is -1.14. The number of nitrogens with zero attached hydrogens (tertiary/aromatic N) is 3. The third kappa shape index (κ3) is 4.70. The molecule has 6 nitrogen and oxygen atoms in total. The minimum Gasteiger partial charge on any atom is -0.467 e. The molecule has 96 valence electrons. The monoisotopic (exact) mass is 260 g/mol. The summed E-state index contributed by atoms with van der Waals surface area (Å²) in [6, 6.07) is 0.341. The molecular formula is C10H17ClN4O2. The average Bonchev–Trinajstić information content (AvgIpc) is 2.29. The van der Waals surface area contributed by atoms with E-state index in [-0.39, 0.29) is 17.3 Å². The molecular weight excluding hydrogens is 244 g/mol. The maximum absolute atomic E-state index is 5.75. The Morgan fingerprint density at radius 3 is 2.65 bits per heavy atom. The molecule has 1 aromatic heterocycles. The van der Waals surface area contributed by atoms with E-state index >= 15 is 0 Å². The molecule has 17 heavy (non-hydrogen) atoms. The standard InChI is InChI=1S/C10H17ClN4O2/c1-4-5-7(6-16-2)12-9-13-8(11)14-10(15-9)17-3/h7H,4-6H2,1-3H3,(H,12,13,14,15). The van der Waals surface area contributed by atoms with Gasteiger partial charge in [0.05, 0.1) is 19.8 Å². The first-order valence-electron chi connectivity index (χ1n) is 5.40. The summed E-state index contributed by atoms with van der Waals surface area (Å²) in [6.45, 7) is 2.69. The van der Waals surface area contributed by atoms with Crippen molar-refractivity contribution in [1.29, 1.82) is 0 Å². The van der Waals surface area contributed by atoms with Crippen LogP contribution in [0.5, 0.6) is 6.01 Å². The van der Waals surface area contributed by atoms with Crippen LogP contribution in [0.4, 0.5) is 5.95 Å². The highest BCUT2D eigenvalue weighted by atomic mass is 35.5. The molecule has 1 rings (SSSR count). The number of anilines is 1. The zero-order valence-corrected chi connectivity index (χ0v) is 11.0.